The first kappa shape index (κ1) is 10.6. The molecule has 0 saturated carbocycles. The number of rotatable bonds is 2. The molecule has 0 aromatic carbocycles. The van der Waals surface area contributed by atoms with Crippen molar-refractivity contribution in [3.8, 4) is 0 Å². The lowest BCUT2D eigenvalue weighted by Crippen LogP contribution is -2.30. The van der Waals surface area contributed by atoms with Crippen molar-refractivity contribution in [2.75, 3.05) is 19.8 Å². The fraction of sp³-hybridized carbons (Fsp3) is 0.556. The summed E-state index contributed by atoms with van der Waals surface area (Å²) in [5, 5.41) is 4.16. The first-order valence-corrected chi connectivity index (χ1v) is 4.46. The lowest BCUT2D eigenvalue weighted by atomic mass is 10.3. The molecule has 0 aliphatic rings. The van der Waals surface area contributed by atoms with Crippen LogP contribution in [-0.4, -0.2) is 34.7 Å². The molecular weight excluding hydrogens is 180 g/mol. The third kappa shape index (κ3) is 1.86. The molecule has 5 nitrogen and oxygen atoms in total. The van der Waals surface area contributed by atoms with Crippen LogP contribution in [0, 0.1) is 6.92 Å². The van der Waals surface area contributed by atoms with Crippen LogP contribution in [-0.2, 0) is 4.79 Å². The van der Waals surface area contributed by atoms with Gasteiger partial charge >= 0.3 is 0 Å². The van der Waals surface area contributed by atoms with Crippen molar-refractivity contribution >= 4 is 11.6 Å². The van der Waals surface area contributed by atoms with Crippen LogP contribution in [0.5, 0.6) is 0 Å². The Kier molecular flexibility index (Phi) is 2.78. The maximum absolute atomic E-state index is 11.6. The molecular formula is C9H16N4O. The monoisotopic (exact) mass is 196 g/mol. The molecule has 1 aromatic rings. The molecule has 0 radical (unpaired) electrons. The van der Waals surface area contributed by atoms with Crippen molar-refractivity contribution in [3.05, 3.63) is 11.9 Å². The van der Waals surface area contributed by atoms with Gasteiger partial charge in [-0.05, 0) is 13.8 Å². The Labute approximate surface area is 83.5 Å². The summed E-state index contributed by atoms with van der Waals surface area (Å²) in [7, 11) is 3.44. The Morgan fingerprint density at radius 3 is 2.57 bits per heavy atom. The standard InChI is InChI=1S/C9H16N4O/c1-6-8(10)5-13(11-6)7(2)9(14)12(3)4/h5,7H,10H2,1-4H3/t7-/m0/s1. The summed E-state index contributed by atoms with van der Waals surface area (Å²) >= 11 is 0. The normalized spacial score (nSPS) is 12.6. The van der Waals surface area contributed by atoms with Crippen LogP contribution in [0.2, 0.25) is 0 Å². The van der Waals surface area contributed by atoms with Gasteiger partial charge < -0.3 is 10.6 Å². The van der Waals surface area contributed by atoms with Crippen molar-refractivity contribution in [3.63, 3.8) is 0 Å². The highest BCUT2D eigenvalue weighted by atomic mass is 16.2. The van der Waals surface area contributed by atoms with Crippen molar-refractivity contribution in [2.24, 2.45) is 0 Å². The molecule has 1 aromatic heterocycles. The van der Waals surface area contributed by atoms with E-state index in [1.807, 2.05) is 6.92 Å². The van der Waals surface area contributed by atoms with Gasteiger partial charge in [-0.15, -0.1) is 0 Å². The lowest BCUT2D eigenvalue weighted by Gasteiger charge is -2.16. The largest absolute Gasteiger partial charge is 0.396 e. The van der Waals surface area contributed by atoms with Crippen molar-refractivity contribution < 1.29 is 4.79 Å². The Balaban J connectivity index is 2.89. The number of anilines is 1. The third-order valence-corrected chi connectivity index (χ3v) is 2.15. The number of carbonyl (C=O) groups excluding carboxylic acids is 1. The van der Waals surface area contributed by atoms with Crippen LogP contribution in [0.3, 0.4) is 0 Å². The number of aromatic nitrogens is 2. The fourth-order valence-electron chi connectivity index (χ4n) is 1.18. The number of hydrogen-bond acceptors (Lipinski definition) is 3. The van der Waals surface area contributed by atoms with E-state index in [2.05, 4.69) is 5.10 Å². The summed E-state index contributed by atoms with van der Waals surface area (Å²) in [5.41, 5.74) is 7.01. The number of nitrogens with two attached hydrogens (primary N) is 1. The minimum absolute atomic E-state index is 0.00694. The zero-order valence-electron chi connectivity index (χ0n) is 8.98. The minimum atomic E-state index is -0.305. The summed E-state index contributed by atoms with van der Waals surface area (Å²) < 4.78 is 1.59. The highest BCUT2D eigenvalue weighted by Gasteiger charge is 2.18. The van der Waals surface area contributed by atoms with Crippen LogP contribution >= 0.6 is 0 Å². The molecule has 1 amide bonds. The van der Waals surface area contributed by atoms with Gasteiger partial charge in [-0.25, -0.2) is 0 Å². The maximum Gasteiger partial charge on any atom is 0.246 e. The quantitative estimate of drug-likeness (QED) is 0.745. The summed E-state index contributed by atoms with van der Waals surface area (Å²) in [6.07, 6.45) is 1.68. The predicted octanol–water partition coefficient (Wildman–Crippen LogP) is 0.423. The van der Waals surface area contributed by atoms with Crippen molar-refractivity contribution in [1.29, 1.82) is 0 Å². The van der Waals surface area contributed by atoms with Crippen LogP contribution in [0.1, 0.15) is 18.7 Å². The van der Waals surface area contributed by atoms with Gasteiger partial charge in [-0.3, -0.25) is 9.48 Å². The number of likely N-dealkylation sites (N-methyl/N-ethyl adjacent to an activating group) is 1. The molecule has 0 aliphatic carbocycles. The average molecular weight is 196 g/mol. The summed E-state index contributed by atoms with van der Waals surface area (Å²) in [5.74, 6) is 0.00694. The van der Waals surface area contributed by atoms with Crippen molar-refractivity contribution in [1.82, 2.24) is 14.7 Å². The maximum atomic E-state index is 11.6. The molecule has 1 atom stereocenters. The molecule has 0 spiro atoms. The summed E-state index contributed by atoms with van der Waals surface area (Å²) in [4.78, 5) is 13.1. The first-order valence-electron chi connectivity index (χ1n) is 4.46. The van der Waals surface area contributed by atoms with E-state index in [1.54, 1.807) is 31.9 Å². The first-order chi connectivity index (χ1) is 6.43. The lowest BCUT2D eigenvalue weighted by molar-refractivity contribution is -0.131. The van der Waals surface area contributed by atoms with E-state index in [9.17, 15) is 4.79 Å². The summed E-state index contributed by atoms with van der Waals surface area (Å²) in [6.45, 7) is 3.62. The van der Waals surface area contributed by atoms with E-state index in [-0.39, 0.29) is 11.9 Å². The van der Waals surface area contributed by atoms with E-state index in [0.29, 0.717) is 5.69 Å². The van der Waals surface area contributed by atoms with E-state index >= 15 is 0 Å². The number of aryl methyl sites for hydroxylation is 1. The predicted molar refractivity (Wildman–Crippen MR) is 54.8 cm³/mol. The molecule has 0 saturated heterocycles. The molecule has 2 N–H and O–H groups in total. The number of carbonyl (C=O) groups is 1. The third-order valence-electron chi connectivity index (χ3n) is 2.15. The Bertz CT molecular complexity index is 323. The van der Waals surface area contributed by atoms with E-state index in [4.69, 9.17) is 5.73 Å². The number of hydrogen-bond donors (Lipinski definition) is 1. The Morgan fingerprint density at radius 2 is 2.21 bits per heavy atom. The molecule has 14 heavy (non-hydrogen) atoms. The van der Waals surface area contributed by atoms with Crippen LogP contribution < -0.4 is 5.73 Å². The van der Waals surface area contributed by atoms with E-state index in [0.717, 1.165) is 5.69 Å². The molecule has 0 aliphatic heterocycles. The van der Waals surface area contributed by atoms with E-state index in [1.165, 1.54) is 4.90 Å². The van der Waals surface area contributed by atoms with Crippen LogP contribution in [0.4, 0.5) is 5.69 Å². The fourth-order valence-corrected chi connectivity index (χ4v) is 1.18. The molecule has 1 rings (SSSR count). The highest BCUT2D eigenvalue weighted by molar-refractivity contribution is 5.79. The topological polar surface area (TPSA) is 64.2 Å². The van der Waals surface area contributed by atoms with Gasteiger partial charge in [0.25, 0.3) is 0 Å². The zero-order valence-corrected chi connectivity index (χ0v) is 8.98. The van der Waals surface area contributed by atoms with Gasteiger partial charge in [-0.1, -0.05) is 0 Å². The van der Waals surface area contributed by atoms with Gasteiger partial charge in [0, 0.05) is 20.3 Å². The van der Waals surface area contributed by atoms with Gasteiger partial charge in [0.05, 0.1) is 11.4 Å². The highest BCUT2D eigenvalue weighted by Crippen LogP contribution is 2.13. The van der Waals surface area contributed by atoms with Gasteiger partial charge in [-0.2, -0.15) is 5.10 Å². The SMILES string of the molecule is Cc1nn([C@@H](C)C(=O)N(C)C)cc1N. The second-order valence-electron chi connectivity index (χ2n) is 3.56. The van der Waals surface area contributed by atoms with Crippen LogP contribution in [0.15, 0.2) is 6.20 Å². The smallest absolute Gasteiger partial charge is 0.246 e. The second-order valence-corrected chi connectivity index (χ2v) is 3.56. The molecule has 0 fully saturated rings. The van der Waals surface area contributed by atoms with Gasteiger partial charge in [0.15, 0.2) is 0 Å². The van der Waals surface area contributed by atoms with Crippen LogP contribution in [0.25, 0.3) is 0 Å². The number of nitrogens with zero attached hydrogens (tertiary/aromatic N) is 3. The minimum Gasteiger partial charge on any atom is -0.396 e. The number of amides is 1. The zero-order chi connectivity index (χ0) is 10.9. The molecule has 0 unspecified atom stereocenters. The van der Waals surface area contributed by atoms with Crippen molar-refractivity contribution in [2.45, 2.75) is 19.9 Å². The average Bonchev–Trinajstić information content (AvgIpc) is 2.44. The summed E-state index contributed by atoms with van der Waals surface area (Å²) in [6, 6.07) is -0.305. The van der Waals surface area contributed by atoms with Gasteiger partial charge in [0.2, 0.25) is 5.91 Å². The van der Waals surface area contributed by atoms with E-state index < -0.39 is 0 Å². The molecule has 5 heteroatoms. The second kappa shape index (κ2) is 3.69. The van der Waals surface area contributed by atoms with Gasteiger partial charge in [0.1, 0.15) is 6.04 Å². The molecule has 78 valence electrons. The molecule has 0 bridgehead atoms. The molecule has 1 heterocycles. The Hall–Kier alpha value is -1.52. The number of nitrogen functional groups attached to an aromatic ring is 1. The Morgan fingerprint density at radius 1 is 1.64 bits per heavy atom.